The summed E-state index contributed by atoms with van der Waals surface area (Å²) in [5.41, 5.74) is 1.82. The van der Waals surface area contributed by atoms with Crippen molar-refractivity contribution in [3.63, 3.8) is 0 Å². The van der Waals surface area contributed by atoms with E-state index in [1.54, 1.807) is 0 Å². The van der Waals surface area contributed by atoms with Crippen molar-refractivity contribution in [2.24, 2.45) is 0 Å². The summed E-state index contributed by atoms with van der Waals surface area (Å²) >= 11 is 1.18. The maximum atomic E-state index is 13.2. The molecule has 2 aromatic carbocycles. The molecule has 2 aromatic rings. The molecule has 0 unspecified atom stereocenters. The van der Waals surface area contributed by atoms with E-state index >= 15 is 0 Å². The molecule has 0 bridgehead atoms. The van der Waals surface area contributed by atoms with E-state index < -0.39 is 11.6 Å². The molecule has 1 N–H and O–H groups in total. The van der Waals surface area contributed by atoms with Crippen LogP contribution in [0.1, 0.15) is 12.8 Å². The highest BCUT2D eigenvalue weighted by atomic mass is 32.2. The summed E-state index contributed by atoms with van der Waals surface area (Å²) in [5, 5.41) is 2.91. The molecule has 3 nitrogen and oxygen atoms in total. The van der Waals surface area contributed by atoms with Gasteiger partial charge in [-0.25, -0.2) is 8.78 Å². The van der Waals surface area contributed by atoms with E-state index in [1.165, 1.54) is 17.8 Å². The number of benzene rings is 2. The van der Waals surface area contributed by atoms with Gasteiger partial charge in [-0.15, -0.1) is 11.8 Å². The molecule has 1 saturated heterocycles. The smallest absolute Gasteiger partial charge is 0.234 e. The Bertz CT molecular complexity index is 733. The Morgan fingerprint density at radius 1 is 1.08 bits per heavy atom. The monoisotopic (exact) mass is 348 g/mol. The standard InChI is InChI=1S/C18H18F2N2OS/c19-14-8-7-13(11-15(14)20)24-12-18(23)21-16-5-1-2-6-17(16)22-9-3-4-10-22/h1-2,5-8,11H,3-4,9-10,12H2,(H,21,23). The maximum absolute atomic E-state index is 13.2. The average molecular weight is 348 g/mol. The van der Waals surface area contributed by atoms with Gasteiger partial charge in [0.2, 0.25) is 5.91 Å². The van der Waals surface area contributed by atoms with Crippen LogP contribution in [0.15, 0.2) is 47.4 Å². The zero-order chi connectivity index (χ0) is 16.9. The molecule has 0 aliphatic carbocycles. The van der Waals surface area contributed by atoms with E-state index in [2.05, 4.69) is 10.2 Å². The second-order valence-corrected chi connectivity index (χ2v) is 6.67. The fraction of sp³-hybridized carbons (Fsp3) is 0.278. The SMILES string of the molecule is O=C(CSc1ccc(F)c(F)c1)Nc1ccccc1N1CCCC1. The normalized spacial score (nSPS) is 14.0. The van der Waals surface area contributed by atoms with E-state index in [1.807, 2.05) is 24.3 Å². The second-order valence-electron chi connectivity index (χ2n) is 5.62. The van der Waals surface area contributed by atoms with Gasteiger partial charge in [-0.3, -0.25) is 4.79 Å². The van der Waals surface area contributed by atoms with Gasteiger partial charge < -0.3 is 10.2 Å². The summed E-state index contributed by atoms with van der Waals surface area (Å²) < 4.78 is 26.1. The van der Waals surface area contributed by atoms with Crippen molar-refractivity contribution >= 4 is 29.0 Å². The predicted molar refractivity (Wildman–Crippen MR) is 93.6 cm³/mol. The number of carbonyl (C=O) groups excluding carboxylic acids is 1. The summed E-state index contributed by atoms with van der Waals surface area (Å²) in [4.78, 5) is 15.0. The Morgan fingerprint density at radius 3 is 2.58 bits per heavy atom. The Hall–Kier alpha value is -2.08. The summed E-state index contributed by atoms with van der Waals surface area (Å²) in [6.45, 7) is 1.99. The zero-order valence-electron chi connectivity index (χ0n) is 13.1. The number of nitrogens with zero attached hydrogens (tertiary/aromatic N) is 1. The highest BCUT2D eigenvalue weighted by Gasteiger charge is 2.16. The van der Waals surface area contributed by atoms with Gasteiger partial charge in [-0.2, -0.15) is 0 Å². The van der Waals surface area contributed by atoms with E-state index in [9.17, 15) is 13.6 Å². The Kier molecular flexibility index (Phi) is 5.35. The van der Waals surface area contributed by atoms with Crippen molar-refractivity contribution in [2.45, 2.75) is 17.7 Å². The van der Waals surface area contributed by atoms with Crippen molar-refractivity contribution in [1.29, 1.82) is 0 Å². The molecule has 24 heavy (non-hydrogen) atoms. The fourth-order valence-electron chi connectivity index (χ4n) is 2.71. The second kappa shape index (κ2) is 7.66. The number of thioether (sulfide) groups is 1. The number of rotatable bonds is 5. The van der Waals surface area contributed by atoms with E-state index in [0.717, 1.165) is 49.4 Å². The van der Waals surface area contributed by atoms with E-state index in [0.29, 0.717) is 4.90 Å². The van der Waals surface area contributed by atoms with Gasteiger partial charge in [0.15, 0.2) is 11.6 Å². The zero-order valence-corrected chi connectivity index (χ0v) is 13.9. The van der Waals surface area contributed by atoms with Crippen LogP contribution in [0.25, 0.3) is 0 Å². The number of para-hydroxylation sites is 2. The quantitative estimate of drug-likeness (QED) is 0.818. The van der Waals surface area contributed by atoms with Crippen molar-refractivity contribution in [1.82, 2.24) is 0 Å². The molecule has 0 radical (unpaired) electrons. The van der Waals surface area contributed by atoms with Crippen molar-refractivity contribution in [3.8, 4) is 0 Å². The molecule has 1 amide bonds. The van der Waals surface area contributed by atoms with Gasteiger partial charge in [0, 0.05) is 18.0 Å². The van der Waals surface area contributed by atoms with Gasteiger partial charge in [0.1, 0.15) is 0 Å². The molecular weight excluding hydrogens is 330 g/mol. The van der Waals surface area contributed by atoms with Crippen molar-refractivity contribution < 1.29 is 13.6 Å². The number of anilines is 2. The minimum absolute atomic E-state index is 0.138. The summed E-state index contributed by atoms with van der Waals surface area (Å²) in [7, 11) is 0. The van der Waals surface area contributed by atoms with Crippen LogP contribution in [0, 0.1) is 11.6 Å². The summed E-state index contributed by atoms with van der Waals surface area (Å²) in [6, 6.07) is 11.4. The van der Waals surface area contributed by atoms with Crippen molar-refractivity contribution in [2.75, 3.05) is 29.1 Å². The maximum Gasteiger partial charge on any atom is 0.234 e. The van der Waals surface area contributed by atoms with Crippen LogP contribution in [-0.2, 0) is 4.79 Å². The molecule has 0 atom stereocenters. The Labute approximate surface area is 144 Å². The molecule has 6 heteroatoms. The number of halogens is 2. The summed E-state index contributed by atoms with van der Waals surface area (Å²) in [5.74, 6) is -1.82. The number of nitrogens with one attached hydrogen (secondary N) is 1. The molecule has 1 aliphatic heterocycles. The minimum Gasteiger partial charge on any atom is -0.370 e. The highest BCUT2D eigenvalue weighted by molar-refractivity contribution is 8.00. The molecule has 1 fully saturated rings. The topological polar surface area (TPSA) is 32.3 Å². The van der Waals surface area contributed by atoms with Gasteiger partial charge >= 0.3 is 0 Å². The lowest BCUT2D eigenvalue weighted by atomic mass is 10.2. The van der Waals surface area contributed by atoms with Gasteiger partial charge in [0.05, 0.1) is 17.1 Å². The molecular formula is C18H18F2N2OS. The van der Waals surface area contributed by atoms with Gasteiger partial charge in [-0.05, 0) is 43.2 Å². The van der Waals surface area contributed by atoms with Gasteiger partial charge in [-0.1, -0.05) is 12.1 Å². The molecule has 0 aromatic heterocycles. The third-order valence-electron chi connectivity index (χ3n) is 3.89. The molecule has 0 spiro atoms. The Morgan fingerprint density at radius 2 is 1.83 bits per heavy atom. The minimum atomic E-state index is -0.903. The van der Waals surface area contributed by atoms with E-state index in [-0.39, 0.29) is 11.7 Å². The first kappa shape index (κ1) is 16.8. The molecule has 126 valence electrons. The highest BCUT2D eigenvalue weighted by Crippen LogP contribution is 2.29. The number of hydrogen-bond acceptors (Lipinski definition) is 3. The van der Waals surface area contributed by atoms with Crippen LogP contribution in [0.5, 0.6) is 0 Å². The lowest BCUT2D eigenvalue weighted by molar-refractivity contribution is -0.113. The number of hydrogen-bond donors (Lipinski definition) is 1. The summed E-state index contributed by atoms with van der Waals surface area (Å²) in [6.07, 6.45) is 2.32. The predicted octanol–water partition coefficient (Wildman–Crippen LogP) is 4.30. The first-order valence-electron chi connectivity index (χ1n) is 7.85. The van der Waals surface area contributed by atoms with Crippen LogP contribution in [0.4, 0.5) is 20.2 Å². The lowest BCUT2D eigenvalue weighted by Gasteiger charge is -2.21. The fourth-order valence-corrected chi connectivity index (χ4v) is 3.44. The van der Waals surface area contributed by atoms with Crippen molar-refractivity contribution in [3.05, 3.63) is 54.1 Å². The first-order valence-corrected chi connectivity index (χ1v) is 8.84. The van der Waals surface area contributed by atoms with Crippen LogP contribution < -0.4 is 10.2 Å². The lowest BCUT2D eigenvalue weighted by Crippen LogP contribution is -2.21. The third-order valence-corrected chi connectivity index (χ3v) is 4.88. The average Bonchev–Trinajstić information content (AvgIpc) is 3.11. The molecule has 0 saturated carbocycles. The molecule has 1 heterocycles. The van der Waals surface area contributed by atoms with Crippen LogP contribution in [0.3, 0.4) is 0 Å². The first-order chi connectivity index (χ1) is 11.6. The number of amides is 1. The van der Waals surface area contributed by atoms with Gasteiger partial charge in [0.25, 0.3) is 0 Å². The van der Waals surface area contributed by atoms with E-state index in [4.69, 9.17) is 0 Å². The van der Waals surface area contributed by atoms with Crippen LogP contribution in [0.2, 0.25) is 0 Å². The van der Waals surface area contributed by atoms with Crippen LogP contribution >= 0.6 is 11.8 Å². The van der Waals surface area contributed by atoms with Crippen LogP contribution in [-0.4, -0.2) is 24.7 Å². The Balaban J connectivity index is 1.61. The number of carbonyl (C=O) groups is 1. The molecule has 1 aliphatic rings. The molecule has 3 rings (SSSR count). The largest absolute Gasteiger partial charge is 0.370 e. The third kappa shape index (κ3) is 4.06.